The summed E-state index contributed by atoms with van der Waals surface area (Å²) in [5.74, 6) is 0.793. The second kappa shape index (κ2) is 7.17. The molecule has 8 heteroatoms. The number of halogens is 1. The van der Waals surface area contributed by atoms with E-state index < -0.39 is 0 Å². The average molecular weight is 390 g/mol. The van der Waals surface area contributed by atoms with Crippen molar-refractivity contribution in [1.82, 2.24) is 14.9 Å². The van der Waals surface area contributed by atoms with Crippen molar-refractivity contribution in [2.24, 2.45) is 0 Å². The van der Waals surface area contributed by atoms with Crippen LogP contribution < -0.4 is 10.9 Å². The molecule has 0 aliphatic heterocycles. The Morgan fingerprint density at radius 2 is 2.23 bits per heavy atom. The van der Waals surface area contributed by atoms with Crippen LogP contribution >= 0.6 is 23.4 Å². The smallest absolute Gasteiger partial charge is 0.262 e. The predicted octanol–water partition coefficient (Wildman–Crippen LogP) is 3.06. The topological polar surface area (TPSA) is 77.1 Å². The van der Waals surface area contributed by atoms with E-state index in [-0.39, 0.29) is 23.8 Å². The van der Waals surface area contributed by atoms with Crippen molar-refractivity contribution < 1.29 is 9.21 Å². The number of fused-ring (bicyclic) bond motifs is 1. The summed E-state index contributed by atoms with van der Waals surface area (Å²) in [7, 11) is 0. The molecule has 2 aromatic heterocycles. The highest BCUT2D eigenvalue weighted by atomic mass is 35.5. The molecule has 0 unspecified atom stereocenters. The lowest BCUT2D eigenvalue weighted by atomic mass is 10.2. The lowest BCUT2D eigenvalue weighted by Crippen LogP contribution is -2.28. The van der Waals surface area contributed by atoms with Crippen molar-refractivity contribution in [1.29, 1.82) is 0 Å². The van der Waals surface area contributed by atoms with Crippen molar-refractivity contribution in [3.63, 3.8) is 0 Å². The zero-order valence-electron chi connectivity index (χ0n) is 13.8. The number of carbonyl (C=O) groups is 1. The van der Waals surface area contributed by atoms with Crippen LogP contribution in [0, 0.1) is 0 Å². The Hall–Kier alpha value is -2.25. The minimum absolute atomic E-state index is 0.0533. The van der Waals surface area contributed by atoms with Crippen molar-refractivity contribution >= 4 is 40.2 Å². The standard InChI is InChI=1S/C18H16ClN3O3S/c19-11-3-6-14-15(8-11)21-18(26-10-16(23)20-12-4-5-12)22(17(14)24)9-13-2-1-7-25-13/h1-3,6-8,12H,4-5,9-10H2,(H,20,23). The number of amides is 1. The molecule has 1 saturated carbocycles. The first-order chi connectivity index (χ1) is 12.6. The fourth-order valence-corrected chi connectivity index (χ4v) is 3.58. The lowest BCUT2D eigenvalue weighted by Gasteiger charge is -2.12. The van der Waals surface area contributed by atoms with Crippen LogP contribution in [0.3, 0.4) is 0 Å². The van der Waals surface area contributed by atoms with Crippen LogP contribution in [0.1, 0.15) is 18.6 Å². The third kappa shape index (κ3) is 3.78. The molecule has 6 nitrogen and oxygen atoms in total. The third-order valence-electron chi connectivity index (χ3n) is 4.05. The van der Waals surface area contributed by atoms with Gasteiger partial charge in [-0.25, -0.2) is 4.98 Å². The van der Waals surface area contributed by atoms with Crippen LogP contribution in [0.25, 0.3) is 10.9 Å². The quantitative estimate of drug-likeness (QED) is 0.518. The van der Waals surface area contributed by atoms with Gasteiger partial charge in [0.15, 0.2) is 5.16 Å². The monoisotopic (exact) mass is 389 g/mol. The Labute approximate surface area is 158 Å². The van der Waals surface area contributed by atoms with E-state index in [1.807, 2.05) is 0 Å². The van der Waals surface area contributed by atoms with Gasteiger partial charge in [0.2, 0.25) is 5.91 Å². The van der Waals surface area contributed by atoms with Gasteiger partial charge in [0.05, 0.1) is 29.5 Å². The third-order valence-corrected chi connectivity index (χ3v) is 5.26. The number of nitrogens with zero attached hydrogens (tertiary/aromatic N) is 2. The summed E-state index contributed by atoms with van der Waals surface area (Å²) in [5.41, 5.74) is 0.330. The molecule has 26 heavy (non-hydrogen) atoms. The molecule has 1 amide bonds. The van der Waals surface area contributed by atoms with Crippen LogP contribution in [0.15, 0.2) is 51.0 Å². The lowest BCUT2D eigenvalue weighted by molar-refractivity contribution is -0.118. The maximum absolute atomic E-state index is 12.9. The second-order valence-electron chi connectivity index (χ2n) is 6.16. The molecule has 1 aliphatic carbocycles. The Balaban J connectivity index is 1.69. The molecular formula is C18H16ClN3O3S. The van der Waals surface area contributed by atoms with E-state index in [2.05, 4.69) is 10.3 Å². The molecule has 0 bridgehead atoms. The molecule has 1 N–H and O–H groups in total. The fraction of sp³-hybridized carbons (Fsp3) is 0.278. The van der Waals surface area contributed by atoms with Gasteiger partial charge in [-0.1, -0.05) is 23.4 Å². The summed E-state index contributed by atoms with van der Waals surface area (Å²) in [6, 6.07) is 8.86. The van der Waals surface area contributed by atoms with E-state index in [0.29, 0.717) is 32.9 Å². The Bertz CT molecular complexity index is 1010. The Kier molecular flexibility index (Phi) is 4.74. The molecule has 1 aliphatic rings. The Morgan fingerprint density at radius 3 is 2.96 bits per heavy atom. The first kappa shape index (κ1) is 17.2. The van der Waals surface area contributed by atoms with Crippen molar-refractivity contribution in [2.45, 2.75) is 30.6 Å². The summed E-state index contributed by atoms with van der Waals surface area (Å²) >= 11 is 7.27. The van der Waals surface area contributed by atoms with Gasteiger partial charge in [0.25, 0.3) is 5.56 Å². The summed E-state index contributed by atoms with van der Waals surface area (Å²) in [6.45, 7) is 0.254. The number of hydrogen-bond donors (Lipinski definition) is 1. The van der Waals surface area contributed by atoms with Crippen LogP contribution in [0.4, 0.5) is 0 Å². The van der Waals surface area contributed by atoms with Gasteiger partial charge < -0.3 is 9.73 Å². The van der Waals surface area contributed by atoms with Crippen LogP contribution in [0.5, 0.6) is 0 Å². The van der Waals surface area contributed by atoms with Gasteiger partial charge >= 0.3 is 0 Å². The highest BCUT2D eigenvalue weighted by molar-refractivity contribution is 7.99. The molecule has 3 aromatic rings. The average Bonchev–Trinajstić information content (AvgIpc) is 3.27. The van der Waals surface area contributed by atoms with Gasteiger partial charge in [-0.05, 0) is 43.2 Å². The van der Waals surface area contributed by atoms with Gasteiger partial charge in [-0.2, -0.15) is 0 Å². The Morgan fingerprint density at radius 1 is 1.38 bits per heavy atom. The molecule has 4 rings (SSSR count). The maximum atomic E-state index is 12.9. The molecule has 134 valence electrons. The SMILES string of the molecule is O=C(CSc1nc2cc(Cl)ccc2c(=O)n1Cc1ccco1)NC1CC1. The highest BCUT2D eigenvalue weighted by Gasteiger charge is 2.23. The van der Waals surface area contributed by atoms with E-state index >= 15 is 0 Å². The van der Waals surface area contributed by atoms with E-state index in [9.17, 15) is 9.59 Å². The summed E-state index contributed by atoms with van der Waals surface area (Å²) in [5, 5.41) is 4.39. The number of carbonyl (C=O) groups excluding carboxylic acids is 1. The van der Waals surface area contributed by atoms with E-state index in [1.165, 1.54) is 16.3 Å². The van der Waals surface area contributed by atoms with Gasteiger partial charge in [0.1, 0.15) is 5.76 Å². The van der Waals surface area contributed by atoms with Gasteiger partial charge in [-0.3, -0.25) is 14.2 Å². The molecule has 0 atom stereocenters. The summed E-state index contributed by atoms with van der Waals surface area (Å²) in [4.78, 5) is 29.5. The fourth-order valence-electron chi connectivity index (χ4n) is 2.61. The molecule has 0 saturated heterocycles. The van der Waals surface area contributed by atoms with Crippen molar-refractivity contribution in [3.05, 3.63) is 57.7 Å². The number of furan rings is 1. The first-order valence-corrected chi connectivity index (χ1v) is 9.61. The predicted molar refractivity (Wildman–Crippen MR) is 101 cm³/mol. The summed E-state index contributed by atoms with van der Waals surface area (Å²) < 4.78 is 6.90. The van der Waals surface area contributed by atoms with Gasteiger partial charge in [0, 0.05) is 11.1 Å². The van der Waals surface area contributed by atoms with Crippen LogP contribution in [-0.4, -0.2) is 27.3 Å². The molecule has 0 radical (unpaired) electrons. The first-order valence-electron chi connectivity index (χ1n) is 8.25. The molecular weight excluding hydrogens is 374 g/mol. The zero-order chi connectivity index (χ0) is 18.1. The largest absolute Gasteiger partial charge is 0.467 e. The normalized spacial score (nSPS) is 13.9. The van der Waals surface area contributed by atoms with Crippen molar-refractivity contribution in [2.75, 3.05) is 5.75 Å². The maximum Gasteiger partial charge on any atom is 0.262 e. The molecule has 2 heterocycles. The van der Waals surface area contributed by atoms with E-state index in [0.717, 1.165) is 12.8 Å². The number of nitrogens with one attached hydrogen (secondary N) is 1. The zero-order valence-corrected chi connectivity index (χ0v) is 15.3. The molecule has 1 aromatic carbocycles. The number of rotatable bonds is 6. The molecule has 0 spiro atoms. The molecule has 1 fully saturated rings. The number of aromatic nitrogens is 2. The minimum Gasteiger partial charge on any atom is -0.467 e. The van der Waals surface area contributed by atoms with E-state index in [4.69, 9.17) is 16.0 Å². The van der Waals surface area contributed by atoms with Crippen molar-refractivity contribution in [3.8, 4) is 0 Å². The second-order valence-corrected chi connectivity index (χ2v) is 7.54. The number of hydrogen-bond acceptors (Lipinski definition) is 5. The van der Waals surface area contributed by atoms with Crippen LogP contribution in [0.2, 0.25) is 5.02 Å². The highest BCUT2D eigenvalue weighted by Crippen LogP contribution is 2.22. The number of thioether (sulfide) groups is 1. The van der Waals surface area contributed by atoms with Gasteiger partial charge in [-0.15, -0.1) is 0 Å². The van der Waals surface area contributed by atoms with E-state index in [1.54, 1.807) is 36.6 Å². The minimum atomic E-state index is -0.187. The summed E-state index contributed by atoms with van der Waals surface area (Å²) in [6.07, 6.45) is 3.63. The number of benzene rings is 1. The van der Waals surface area contributed by atoms with Crippen LogP contribution in [-0.2, 0) is 11.3 Å².